The van der Waals surface area contributed by atoms with Crippen LogP contribution in [0.2, 0.25) is 0 Å². The van der Waals surface area contributed by atoms with Gasteiger partial charge in [-0.3, -0.25) is 9.89 Å². The smallest absolute Gasteiger partial charge is 0.271 e. The third-order valence-corrected chi connectivity index (χ3v) is 4.28. The lowest BCUT2D eigenvalue weighted by atomic mass is 10.3. The summed E-state index contributed by atoms with van der Waals surface area (Å²) in [6.07, 6.45) is 2.54. The third-order valence-electron chi connectivity index (χ3n) is 3.38. The van der Waals surface area contributed by atoms with Crippen LogP contribution in [0.5, 0.6) is 0 Å². The molecular formula is C16H19N5O2S. The first-order chi connectivity index (χ1) is 11.7. The topological polar surface area (TPSA) is 95.8 Å². The van der Waals surface area contributed by atoms with Crippen LogP contribution in [-0.4, -0.2) is 34.2 Å². The van der Waals surface area contributed by atoms with Crippen LogP contribution in [-0.2, 0) is 6.54 Å². The van der Waals surface area contributed by atoms with Crippen molar-refractivity contribution in [3.05, 3.63) is 47.1 Å². The van der Waals surface area contributed by atoms with Crippen LogP contribution in [0.15, 0.2) is 34.2 Å². The first-order valence-corrected chi connectivity index (χ1v) is 8.60. The molecule has 8 heteroatoms. The number of carbonyl (C=O) groups is 1. The van der Waals surface area contributed by atoms with Gasteiger partial charge in [0.25, 0.3) is 5.91 Å². The van der Waals surface area contributed by atoms with Gasteiger partial charge < -0.3 is 15.1 Å². The van der Waals surface area contributed by atoms with Crippen LogP contribution in [0.25, 0.3) is 10.6 Å². The highest BCUT2D eigenvalue weighted by molar-refractivity contribution is 7.13. The Bertz CT molecular complexity index is 778. The Hall–Kier alpha value is -2.45. The number of hydrogen-bond donors (Lipinski definition) is 3. The lowest BCUT2D eigenvalue weighted by Gasteiger charge is -2.04. The van der Waals surface area contributed by atoms with Crippen molar-refractivity contribution < 1.29 is 9.21 Å². The highest BCUT2D eigenvalue weighted by Crippen LogP contribution is 2.22. The van der Waals surface area contributed by atoms with Crippen LogP contribution in [0, 0.1) is 6.92 Å². The quantitative estimate of drug-likeness (QED) is 0.545. The second-order valence-corrected chi connectivity index (χ2v) is 6.22. The zero-order valence-electron chi connectivity index (χ0n) is 13.3. The number of aromatic amines is 1. The molecule has 0 spiro atoms. The number of nitrogens with zero attached hydrogens (tertiary/aromatic N) is 2. The summed E-state index contributed by atoms with van der Waals surface area (Å²) >= 11 is 1.60. The SMILES string of the molecule is Cc1ncc(CNCCCNC(=O)c2cc(-c3cccs3)[nH]n2)o1. The van der Waals surface area contributed by atoms with Crippen molar-refractivity contribution in [3.63, 3.8) is 0 Å². The van der Waals surface area contributed by atoms with E-state index < -0.39 is 0 Å². The highest BCUT2D eigenvalue weighted by Gasteiger charge is 2.11. The van der Waals surface area contributed by atoms with Gasteiger partial charge in [-0.1, -0.05) is 6.07 Å². The number of hydrogen-bond acceptors (Lipinski definition) is 6. The molecule has 3 heterocycles. The number of carbonyl (C=O) groups excluding carboxylic acids is 1. The van der Waals surface area contributed by atoms with Gasteiger partial charge in [0.1, 0.15) is 5.76 Å². The minimum atomic E-state index is -0.167. The molecule has 1 amide bonds. The molecule has 0 aliphatic carbocycles. The molecule has 0 atom stereocenters. The summed E-state index contributed by atoms with van der Waals surface area (Å²) in [5.41, 5.74) is 1.27. The van der Waals surface area contributed by atoms with E-state index >= 15 is 0 Å². The molecule has 0 fully saturated rings. The second kappa shape index (κ2) is 7.89. The van der Waals surface area contributed by atoms with Gasteiger partial charge >= 0.3 is 0 Å². The van der Waals surface area contributed by atoms with E-state index in [9.17, 15) is 4.79 Å². The fourth-order valence-corrected chi connectivity index (χ4v) is 2.89. The summed E-state index contributed by atoms with van der Waals surface area (Å²) in [6, 6.07) is 5.72. The number of nitrogens with one attached hydrogen (secondary N) is 3. The van der Waals surface area contributed by atoms with Crippen LogP contribution in [0.4, 0.5) is 0 Å². The molecule has 3 rings (SSSR count). The predicted molar refractivity (Wildman–Crippen MR) is 91.8 cm³/mol. The summed E-state index contributed by atoms with van der Waals surface area (Å²) in [5, 5.41) is 15.1. The van der Waals surface area contributed by atoms with E-state index in [1.807, 2.05) is 24.4 Å². The molecule has 0 aromatic carbocycles. The average Bonchev–Trinajstić information content (AvgIpc) is 3.30. The second-order valence-electron chi connectivity index (χ2n) is 5.28. The summed E-state index contributed by atoms with van der Waals surface area (Å²) in [5.74, 6) is 1.31. The van der Waals surface area contributed by atoms with Gasteiger partial charge in [-0.05, 0) is 30.5 Å². The number of thiophene rings is 1. The molecule has 0 aliphatic heterocycles. The number of aryl methyl sites for hydroxylation is 1. The third kappa shape index (κ3) is 4.30. The Labute approximate surface area is 143 Å². The molecule has 0 unspecified atom stereocenters. The Kier molecular flexibility index (Phi) is 5.39. The number of aromatic nitrogens is 3. The van der Waals surface area contributed by atoms with E-state index in [-0.39, 0.29) is 5.91 Å². The van der Waals surface area contributed by atoms with Crippen molar-refractivity contribution in [1.82, 2.24) is 25.8 Å². The van der Waals surface area contributed by atoms with E-state index in [4.69, 9.17) is 4.42 Å². The summed E-state index contributed by atoms with van der Waals surface area (Å²) in [6.45, 7) is 3.82. The van der Waals surface area contributed by atoms with Crippen LogP contribution in [0.1, 0.15) is 28.6 Å². The Morgan fingerprint density at radius 1 is 1.42 bits per heavy atom. The minimum Gasteiger partial charge on any atom is -0.445 e. The van der Waals surface area contributed by atoms with E-state index in [0.29, 0.717) is 24.7 Å². The monoisotopic (exact) mass is 345 g/mol. The lowest BCUT2D eigenvalue weighted by molar-refractivity contribution is 0.0948. The number of H-pyrrole nitrogens is 1. The number of oxazole rings is 1. The Morgan fingerprint density at radius 3 is 3.08 bits per heavy atom. The van der Waals surface area contributed by atoms with E-state index in [2.05, 4.69) is 25.8 Å². The van der Waals surface area contributed by atoms with E-state index in [0.717, 1.165) is 29.3 Å². The first-order valence-electron chi connectivity index (χ1n) is 7.72. The maximum atomic E-state index is 12.1. The molecule has 7 nitrogen and oxygen atoms in total. The Balaban J connectivity index is 1.35. The zero-order valence-corrected chi connectivity index (χ0v) is 14.2. The molecule has 0 aliphatic rings. The van der Waals surface area contributed by atoms with Crippen LogP contribution >= 0.6 is 11.3 Å². The summed E-state index contributed by atoms with van der Waals surface area (Å²) < 4.78 is 5.36. The van der Waals surface area contributed by atoms with Crippen LogP contribution in [0.3, 0.4) is 0 Å². The lowest BCUT2D eigenvalue weighted by Crippen LogP contribution is -2.27. The fourth-order valence-electron chi connectivity index (χ4n) is 2.20. The van der Waals surface area contributed by atoms with Crippen molar-refractivity contribution >= 4 is 17.2 Å². The molecule has 3 N–H and O–H groups in total. The van der Waals surface area contributed by atoms with Crippen molar-refractivity contribution in [1.29, 1.82) is 0 Å². The van der Waals surface area contributed by atoms with Crippen LogP contribution < -0.4 is 10.6 Å². The molecule has 0 radical (unpaired) electrons. The van der Waals surface area contributed by atoms with Gasteiger partial charge in [0.2, 0.25) is 0 Å². The molecular weight excluding hydrogens is 326 g/mol. The molecule has 3 aromatic heterocycles. The van der Waals surface area contributed by atoms with Gasteiger partial charge in [-0.15, -0.1) is 11.3 Å². The molecule has 0 saturated heterocycles. The molecule has 0 saturated carbocycles. The van der Waals surface area contributed by atoms with Crippen molar-refractivity contribution in [3.8, 4) is 10.6 Å². The standard InChI is InChI=1S/C16H19N5O2S/c1-11-19-10-12(23-11)9-17-5-3-6-18-16(22)14-8-13(20-21-14)15-4-2-7-24-15/h2,4,7-8,10,17H,3,5-6,9H2,1H3,(H,18,22)(H,20,21). The molecule has 3 aromatic rings. The van der Waals surface area contributed by atoms with Gasteiger partial charge in [0.05, 0.1) is 23.3 Å². The average molecular weight is 345 g/mol. The van der Waals surface area contributed by atoms with Gasteiger partial charge in [0, 0.05) is 13.5 Å². The van der Waals surface area contributed by atoms with E-state index in [1.165, 1.54) is 0 Å². The van der Waals surface area contributed by atoms with E-state index in [1.54, 1.807) is 23.6 Å². The maximum absolute atomic E-state index is 12.1. The predicted octanol–water partition coefficient (Wildman–Crippen LogP) is 2.34. The van der Waals surface area contributed by atoms with Crippen molar-refractivity contribution in [2.45, 2.75) is 19.9 Å². The number of rotatable bonds is 8. The largest absolute Gasteiger partial charge is 0.445 e. The normalized spacial score (nSPS) is 10.9. The van der Waals surface area contributed by atoms with Gasteiger partial charge in [0.15, 0.2) is 11.6 Å². The molecule has 24 heavy (non-hydrogen) atoms. The number of amides is 1. The Morgan fingerprint density at radius 2 is 2.33 bits per heavy atom. The highest BCUT2D eigenvalue weighted by atomic mass is 32.1. The molecule has 126 valence electrons. The first kappa shape index (κ1) is 16.4. The van der Waals surface area contributed by atoms with Crippen molar-refractivity contribution in [2.75, 3.05) is 13.1 Å². The minimum absolute atomic E-state index is 0.167. The molecule has 0 bridgehead atoms. The fraction of sp³-hybridized carbons (Fsp3) is 0.312. The van der Waals surface area contributed by atoms with Gasteiger partial charge in [-0.25, -0.2) is 4.98 Å². The zero-order chi connectivity index (χ0) is 16.8. The van der Waals surface area contributed by atoms with Crippen molar-refractivity contribution in [2.24, 2.45) is 0 Å². The maximum Gasteiger partial charge on any atom is 0.271 e. The summed E-state index contributed by atoms with van der Waals surface area (Å²) in [7, 11) is 0. The van der Waals surface area contributed by atoms with Gasteiger partial charge in [-0.2, -0.15) is 5.10 Å². The summed E-state index contributed by atoms with van der Waals surface area (Å²) in [4.78, 5) is 17.1.